The molecule has 2 aliphatic rings. The van der Waals surface area contributed by atoms with Gasteiger partial charge < -0.3 is 20.3 Å². The molecule has 1 aromatic rings. The normalized spacial score (nSPS) is 20.5. The summed E-state index contributed by atoms with van der Waals surface area (Å²) in [5, 5.41) is 20.3. The summed E-state index contributed by atoms with van der Waals surface area (Å²) >= 11 is 0. The molecular weight excluding hydrogens is 416 g/mol. The van der Waals surface area contributed by atoms with E-state index < -0.39 is 51.7 Å². The molecule has 1 heterocycles. The van der Waals surface area contributed by atoms with Crippen LogP contribution in [0.4, 0.5) is 5.69 Å². The highest BCUT2D eigenvalue weighted by Crippen LogP contribution is 2.32. The number of aliphatic carboxylic acids is 2. The van der Waals surface area contributed by atoms with Crippen LogP contribution in [0.1, 0.15) is 44.1 Å². The van der Waals surface area contributed by atoms with E-state index in [9.17, 15) is 27.9 Å². The van der Waals surface area contributed by atoms with E-state index in [1.54, 1.807) is 6.07 Å². The zero-order valence-electron chi connectivity index (χ0n) is 16.2. The molecule has 0 bridgehead atoms. The van der Waals surface area contributed by atoms with Gasteiger partial charge in [0.25, 0.3) is 5.91 Å². The van der Waals surface area contributed by atoms with E-state index in [-0.39, 0.29) is 17.9 Å². The number of hydrogen-bond acceptors (Lipinski definition) is 6. The summed E-state index contributed by atoms with van der Waals surface area (Å²) in [5.74, 6) is -2.83. The van der Waals surface area contributed by atoms with Gasteiger partial charge in [0.15, 0.2) is 6.10 Å². The second-order valence-corrected chi connectivity index (χ2v) is 9.53. The van der Waals surface area contributed by atoms with Crippen molar-refractivity contribution in [1.82, 2.24) is 4.72 Å². The van der Waals surface area contributed by atoms with Gasteiger partial charge in [0, 0.05) is 0 Å². The molecule has 4 N–H and O–H groups in total. The number of carboxylic acid groups (broad SMARTS) is 2. The Morgan fingerprint density at radius 1 is 1.20 bits per heavy atom. The molecule has 11 heteroatoms. The van der Waals surface area contributed by atoms with E-state index in [1.807, 2.05) is 0 Å². The third kappa shape index (κ3) is 5.28. The maximum Gasteiger partial charge on any atom is 0.322 e. The van der Waals surface area contributed by atoms with Crippen LogP contribution in [0.15, 0.2) is 18.2 Å². The smallest absolute Gasteiger partial charge is 0.322 e. The summed E-state index contributed by atoms with van der Waals surface area (Å²) in [6.45, 7) is 0. The van der Waals surface area contributed by atoms with Gasteiger partial charge in [0.1, 0.15) is 11.8 Å². The van der Waals surface area contributed by atoms with Gasteiger partial charge in [-0.1, -0.05) is 25.3 Å². The minimum Gasteiger partial charge on any atom is -0.481 e. The van der Waals surface area contributed by atoms with Crippen molar-refractivity contribution >= 4 is 33.6 Å². The lowest BCUT2D eigenvalue weighted by atomic mass is 10.0. The number of ether oxygens (including phenoxy) is 1. The van der Waals surface area contributed by atoms with E-state index in [2.05, 4.69) is 10.0 Å². The zero-order chi connectivity index (χ0) is 21.9. The van der Waals surface area contributed by atoms with Crippen LogP contribution >= 0.6 is 0 Å². The number of sulfonamides is 1. The second kappa shape index (κ2) is 9.00. The lowest BCUT2D eigenvalue weighted by Gasteiger charge is -2.26. The predicted molar refractivity (Wildman–Crippen MR) is 106 cm³/mol. The lowest BCUT2D eigenvalue weighted by molar-refractivity contribution is -0.142. The van der Waals surface area contributed by atoms with Crippen LogP contribution in [0.3, 0.4) is 0 Å². The topological polar surface area (TPSA) is 159 Å². The molecule has 1 aromatic carbocycles. The Labute approximate surface area is 173 Å². The van der Waals surface area contributed by atoms with Gasteiger partial charge in [-0.15, -0.1) is 0 Å². The largest absolute Gasteiger partial charge is 0.481 e. The minimum absolute atomic E-state index is 0.122. The number of anilines is 1. The molecule has 1 saturated carbocycles. The quantitative estimate of drug-likeness (QED) is 0.468. The molecule has 0 saturated heterocycles. The van der Waals surface area contributed by atoms with Gasteiger partial charge in [0.05, 0.1) is 17.4 Å². The number of fused-ring (bicyclic) bond motifs is 1. The van der Waals surface area contributed by atoms with E-state index in [1.165, 1.54) is 12.1 Å². The molecule has 1 aliphatic heterocycles. The highest BCUT2D eigenvalue weighted by molar-refractivity contribution is 7.90. The number of carbonyl (C=O) groups is 3. The summed E-state index contributed by atoms with van der Waals surface area (Å²) in [6, 6.07) is 3.19. The van der Waals surface area contributed by atoms with Crippen molar-refractivity contribution in [3.8, 4) is 5.75 Å². The van der Waals surface area contributed by atoms with Crippen molar-refractivity contribution in [2.75, 3.05) is 5.32 Å². The number of nitrogens with one attached hydrogen (secondary N) is 2. The van der Waals surface area contributed by atoms with Crippen LogP contribution in [-0.2, 0) is 30.8 Å². The molecule has 10 nitrogen and oxygen atoms in total. The second-order valence-electron chi connectivity index (χ2n) is 7.54. The minimum atomic E-state index is -3.77. The van der Waals surface area contributed by atoms with Gasteiger partial charge in [-0.25, -0.2) is 13.1 Å². The highest BCUT2D eigenvalue weighted by atomic mass is 32.2. The number of carboxylic acids is 2. The summed E-state index contributed by atoms with van der Waals surface area (Å²) < 4.78 is 32.9. The van der Waals surface area contributed by atoms with Crippen molar-refractivity contribution < 1.29 is 37.8 Å². The molecule has 1 unspecified atom stereocenters. The maximum atomic E-state index is 12.6. The first-order valence-electron chi connectivity index (χ1n) is 9.72. The van der Waals surface area contributed by atoms with Gasteiger partial charge in [0.2, 0.25) is 10.0 Å². The Balaban J connectivity index is 1.72. The third-order valence-electron chi connectivity index (χ3n) is 5.26. The first-order chi connectivity index (χ1) is 14.2. The van der Waals surface area contributed by atoms with Crippen molar-refractivity contribution in [2.24, 2.45) is 0 Å². The first kappa shape index (κ1) is 22.0. The molecule has 164 valence electrons. The van der Waals surface area contributed by atoms with Crippen LogP contribution in [0.25, 0.3) is 0 Å². The Kier molecular flexibility index (Phi) is 6.61. The number of benzene rings is 1. The summed E-state index contributed by atoms with van der Waals surface area (Å²) in [6.07, 6.45) is 1.84. The predicted octanol–water partition coefficient (Wildman–Crippen LogP) is 1.11. The third-order valence-corrected chi connectivity index (χ3v) is 7.22. The molecule has 1 aliphatic carbocycles. The van der Waals surface area contributed by atoms with Crippen LogP contribution in [0.5, 0.6) is 5.75 Å². The Bertz CT molecular complexity index is 940. The summed E-state index contributed by atoms with van der Waals surface area (Å²) in [7, 11) is -3.77. The number of hydrogen-bond donors (Lipinski definition) is 4. The molecule has 3 rings (SSSR count). The lowest BCUT2D eigenvalue weighted by Crippen LogP contribution is -2.46. The van der Waals surface area contributed by atoms with Gasteiger partial charge in [-0.3, -0.25) is 14.4 Å². The van der Waals surface area contributed by atoms with Crippen molar-refractivity contribution in [3.05, 3.63) is 23.8 Å². The molecule has 2 atom stereocenters. The Morgan fingerprint density at radius 2 is 1.90 bits per heavy atom. The van der Waals surface area contributed by atoms with Crippen molar-refractivity contribution in [3.63, 3.8) is 0 Å². The maximum absolute atomic E-state index is 12.6. The number of rotatable bonds is 8. The first-order valence-corrected chi connectivity index (χ1v) is 11.3. The molecule has 0 aromatic heterocycles. The Morgan fingerprint density at radius 3 is 2.53 bits per heavy atom. The van der Waals surface area contributed by atoms with E-state index in [0.29, 0.717) is 18.4 Å². The Hall–Kier alpha value is -2.66. The summed E-state index contributed by atoms with van der Waals surface area (Å²) in [4.78, 5) is 34.5. The fraction of sp³-hybridized carbons (Fsp3) is 0.526. The molecule has 1 amide bonds. The zero-order valence-corrected chi connectivity index (χ0v) is 17.0. The van der Waals surface area contributed by atoms with Crippen LogP contribution in [0.2, 0.25) is 0 Å². The standard InChI is InChI=1S/C19H24N2O8S/c22-17(23)10-16-18(24)20-13-8-11(6-7-15(13)29-16)9-14(19(25)26)21-30(27,28)12-4-2-1-3-5-12/h6-8,12,14,16,21H,1-5,9-10H2,(H,20,24)(H,22,23)(H,25,26)/t14-,16?/m0/s1. The number of amides is 1. The van der Waals surface area contributed by atoms with Crippen LogP contribution < -0.4 is 14.8 Å². The van der Waals surface area contributed by atoms with Gasteiger partial charge in [-0.05, 0) is 37.0 Å². The van der Waals surface area contributed by atoms with E-state index in [4.69, 9.17) is 9.84 Å². The van der Waals surface area contributed by atoms with Gasteiger partial charge >= 0.3 is 11.9 Å². The molecule has 0 radical (unpaired) electrons. The average molecular weight is 440 g/mol. The van der Waals surface area contributed by atoms with Crippen molar-refractivity contribution in [2.45, 2.75) is 62.3 Å². The monoisotopic (exact) mass is 440 g/mol. The van der Waals surface area contributed by atoms with E-state index >= 15 is 0 Å². The van der Waals surface area contributed by atoms with Crippen LogP contribution in [0, 0.1) is 0 Å². The van der Waals surface area contributed by atoms with E-state index in [0.717, 1.165) is 19.3 Å². The summed E-state index contributed by atoms with van der Waals surface area (Å²) in [5.41, 5.74) is 0.756. The molecular formula is C19H24N2O8S. The fourth-order valence-electron chi connectivity index (χ4n) is 3.70. The molecule has 0 spiro atoms. The fourth-order valence-corrected chi connectivity index (χ4v) is 5.43. The SMILES string of the molecule is O=C(O)CC1Oc2ccc(C[C@H](NS(=O)(=O)C3CCCCC3)C(=O)O)cc2NC1=O. The molecule has 1 fully saturated rings. The molecule has 30 heavy (non-hydrogen) atoms. The average Bonchev–Trinajstić information content (AvgIpc) is 2.68. The van der Waals surface area contributed by atoms with Crippen molar-refractivity contribution in [1.29, 1.82) is 0 Å². The van der Waals surface area contributed by atoms with Crippen LogP contribution in [-0.4, -0.2) is 53.9 Å². The highest BCUT2D eigenvalue weighted by Gasteiger charge is 2.33. The number of carbonyl (C=O) groups excluding carboxylic acids is 1. The van der Waals surface area contributed by atoms with Gasteiger partial charge in [-0.2, -0.15) is 0 Å².